The molecule has 0 spiro atoms. The number of phenols is 1. The van der Waals surface area contributed by atoms with Gasteiger partial charge in [0.2, 0.25) is 0 Å². The van der Waals surface area contributed by atoms with Crippen LogP contribution in [-0.4, -0.2) is 11.3 Å². The molecule has 7 rings (SSSR count). The Kier molecular flexibility index (Phi) is 6.17. The molecule has 0 amide bonds. The maximum atomic E-state index is 11.8. The number of nitrogens with one attached hydrogen (secondary N) is 1. The van der Waals surface area contributed by atoms with Gasteiger partial charge in [0, 0.05) is 28.7 Å². The molecule has 3 nitrogen and oxygen atoms in total. The fourth-order valence-corrected chi connectivity index (χ4v) is 8.00. The Labute approximate surface area is 228 Å². The zero-order valence-corrected chi connectivity index (χ0v) is 23.6. The average Bonchev–Trinajstić information content (AvgIpc) is 2.85. The summed E-state index contributed by atoms with van der Waals surface area (Å²) in [5, 5.41) is 15.4. The van der Waals surface area contributed by atoms with E-state index in [1.54, 1.807) is 0 Å². The first-order chi connectivity index (χ1) is 18.1. The van der Waals surface area contributed by atoms with Crippen molar-refractivity contribution >= 4 is 23.3 Å². The van der Waals surface area contributed by atoms with E-state index >= 15 is 0 Å². The van der Waals surface area contributed by atoms with Gasteiger partial charge in [-0.3, -0.25) is 4.99 Å². The third-order valence-corrected chi connectivity index (χ3v) is 9.61. The number of hydrogen-bond donors (Lipinski definition) is 2. The number of aryl methyl sites for hydroxylation is 2. The lowest BCUT2D eigenvalue weighted by atomic mass is 9.48. The van der Waals surface area contributed by atoms with Crippen LogP contribution in [0.4, 0.5) is 17.1 Å². The van der Waals surface area contributed by atoms with Crippen molar-refractivity contribution in [2.24, 2.45) is 22.7 Å². The van der Waals surface area contributed by atoms with Crippen molar-refractivity contribution in [1.29, 1.82) is 0 Å². The van der Waals surface area contributed by atoms with Gasteiger partial charge in [0.05, 0.1) is 0 Å². The molecule has 0 saturated heterocycles. The fraction of sp³-hybridized carbons (Fsp3) is 0.457. The lowest BCUT2D eigenvalue weighted by Crippen LogP contribution is -2.48. The van der Waals surface area contributed by atoms with Gasteiger partial charge in [-0.25, -0.2) is 0 Å². The molecule has 0 heterocycles. The minimum absolute atomic E-state index is 0.0170. The molecule has 4 bridgehead atoms. The predicted octanol–water partition coefficient (Wildman–Crippen LogP) is 9.27. The molecule has 3 heteroatoms. The maximum Gasteiger partial charge on any atom is 0.144 e. The molecule has 38 heavy (non-hydrogen) atoms. The third-order valence-electron chi connectivity index (χ3n) is 9.61. The summed E-state index contributed by atoms with van der Waals surface area (Å²) >= 11 is 0. The summed E-state index contributed by atoms with van der Waals surface area (Å²) in [6.07, 6.45) is 9.79. The molecular formula is C35H42N2O. The molecular weight excluding hydrogens is 464 g/mol. The van der Waals surface area contributed by atoms with Crippen molar-refractivity contribution in [1.82, 2.24) is 0 Å². The molecule has 4 saturated carbocycles. The van der Waals surface area contributed by atoms with Crippen LogP contribution in [0, 0.1) is 31.6 Å². The third kappa shape index (κ3) is 4.55. The Morgan fingerprint density at radius 2 is 1.47 bits per heavy atom. The monoisotopic (exact) mass is 506 g/mol. The highest BCUT2D eigenvalue weighted by Crippen LogP contribution is 2.62. The molecule has 3 aromatic carbocycles. The predicted molar refractivity (Wildman–Crippen MR) is 160 cm³/mol. The summed E-state index contributed by atoms with van der Waals surface area (Å²) in [7, 11) is 0. The first kappa shape index (κ1) is 25.2. The van der Waals surface area contributed by atoms with Crippen LogP contribution in [0.3, 0.4) is 0 Å². The van der Waals surface area contributed by atoms with E-state index in [-0.39, 0.29) is 10.8 Å². The molecule has 0 aromatic heterocycles. The number of rotatable bonds is 5. The van der Waals surface area contributed by atoms with Gasteiger partial charge in [0.1, 0.15) is 11.4 Å². The SMILES string of the molecule is Cc1cccc(C)c1Nc1ccccc1C=Nc1cc(C(C)(C)C)cc(C23CC4CC(CC(C4)C2)C3)c1O. The van der Waals surface area contributed by atoms with Crippen LogP contribution in [0.5, 0.6) is 5.75 Å². The summed E-state index contributed by atoms with van der Waals surface area (Å²) in [6, 6.07) is 19.1. The van der Waals surface area contributed by atoms with Crippen LogP contribution in [0.1, 0.15) is 87.1 Å². The fourth-order valence-electron chi connectivity index (χ4n) is 8.00. The van der Waals surface area contributed by atoms with E-state index < -0.39 is 0 Å². The molecule has 4 aliphatic carbocycles. The summed E-state index contributed by atoms with van der Waals surface area (Å²) in [5.74, 6) is 2.88. The second-order valence-electron chi connectivity index (χ2n) is 13.6. The van der Waals surface area contributed by atoms with Crippen molar-refractivity contribution < 1.29 is 5.11 Å². The zero-order chi connectivity index (χ0) is 26.7. The quantitative estimate of drug-likeness (QED) is 0.339. The van der Waals surface area contributed by atoms with Crippen molar-refractivity contribution in [2.75, 3.05) is 5.32 Å². The first-order valence-electron chi connectivity index (χ1n) is 14.5. The van der Waals surface area contributed by atoms with Crippen LogP contribution in [0.15, 0.2) is 59.6 Å². The van der Waals surface area contributed by atoms with Gasteiger partial charge in [-0.1, -0.05) is 63.2 Å². The highest BCUT2D eigenvalue weighted by molar-refractivity contribution is 5.91. The smallest absolute Gasteiger partial charge is 0.144 e. The minimum Gasteiger partial charge on any atom is -0.505 e. The van der Waals surface area contributed by atoms with Crippen LogP contribution < -0.4 is 5.32 Å². The lowest BCUT2D eigenvalue weighted by molar-refractivity contribution is -0.00615. The van der Waals surface area contributed by atoms with E-state index in [1.807, 2.05) is 12.3 Å². The number of aromatic hydroxyl groups is 1. The van der Waals surface area contributed by atoms with Gasteiger partial charge in [-0.15, -0.1) is 0 Å². The van der Waals surface area contributed by atoms with Gasteiger partial charge in [-0.2, -0.15) is 0 Å². The number of nitrogens with zero attached hydrogens (tertiary/aromatic N) is 1. The van der Waals surface area contributed by atoms with Gasteiger partial charge < -0.3 is 10.4 Å². The van der Waals surface area contributed by atoms with E-state index in [4.69, 9.17) is 4.99 Å². The van der Waals surface area contributed by atoms with Crippen LogP contribution in [0.25, 0.3) is 0 Å². The second-order valence-corrected chi connectivity index (χ2v) is 13.6. The normalized spacial score (nSPS) is 26.3. The van der Waals surface area contributed by atoms with Gasteiger partial charge in [0.15, 0.2) is 0 Å². The first-order valence-corrected chi connectivity index (χ1v) is 14.5. The van der Waals surface area contributed by atoms with Crippen LogP contribution >= 0.6 is 0 Å². The Morgan fingerprint density at radius 1 is 0.868 bits per heavy atom. The summed E-state index contributed by atoms with van der Waals surface area (Å²) < 4.78 is 0. The number of phenolic OH excluding ortho intramolecular Hbond substituents is 1. The van der Waals surface area contributed by atoms with Crippen LogP contribution in [0.2, 0.25) is 0 Å². The van der Waals surface area contributed by atoms with Gasteiger partial charge in [0.25, 0.3) is 0 Å². The van der Waals surface area contributed by atoms with E-state index in [0.717, 1.165) is 40.3 Å². The van der Waals surface area contributed by atoms with E-state index in [9.17, 15) is 5.11 Å². The number of benzene rings is 3. The van der Waals surface area contributed by atoms with Gasteiger partial charge >= 0.3 is 0 Å². The van der Waals surface area contributed by atoms with Crippen molar-refractivity contribution in [3.8, 4) is 5.75 Å². The molecule has 198 valence electrons. The van der Waals surface area contributed by atoms with E-state index in [1.165, 1.54) is 55.2 Å². The average molecular weight is 507 g/mol. The highest BCUT2D eigenvalue weighted by atomic mass is 16.3. The topological polar surface area (TPSA) is 44.6 Å². The molecule has 3 aromatic rings. The molecule has 0 unspecified atom stereocenters. The van der Waals surface area contributed by atoms with Crippen molar-refractivity contribution in [2.45, 2.75) is 84.0 Å². The molecule has 2 N–H and O–H groups in total. The maximum absolute atomic E-state index is 11.8. The number of aliphatic imine (C=N–C) groups is 1. The highest BCUT2D eigenvalue weighted by Gasteiger charge is 2.52. The van der Waals surface area contributed by atoms with Crippen molar-refractivity contribution in [3.63, 3.8) is 0 Å². The summed E-state index contributed by atoms with van der Waals surface area (Å²) in [4.78, 5) is 4.97. The molecule has 4 fully saturated rings. The minimum atomic E-state index is -0.0170. The van der Waals surface area contributed by atoms with Gasteiger partial charge in [-0.05, 0) is 110 Å². The molecule has 4 aliphatic rings. The standard InChI is InChI=1S/C35H42N2O/c1-22-9-8-10-23(2)32(22)37-30-12-7-6-11-27(30)21-36-31-17-28(34(3,4)5)16-29(33(31)38)35-18-24-13-25(19-35)15-26(14-24)20-35/h6-12,16-17,21,24-26,37-38H,13-15,18-20H2,1-5H3. The lowest BCUT2D eigenvalue weighted by Gasteiger charge is -2.57. The molecule has 0 atom stereocenters. The second kappa shape index (κ2) is 9.29. The zero-order valence-electron chi connectivity index (χ0n) is 23.6. The number of anilines is 2. The largest absolute Gasteiger partial charge is 0.505 e. The Hall–Kier alpha value is -3.07. The Morgan fingerprint density at radius 3 is 2.08 bits per heavy atom. The Bertz CT molecular complexity index is 1340. The summed E-state index contributed by atoms with van der Waals surface area (Å²) in [5.41, 5.74) is 8.81. The summed E-state index contributed by atoms with van der Waals surface area (Å²) in [6.45, 7) is 11.1. The van der Waals surface area contributed by atoms with E-state index in [2.05, 4.69) is 88.5 Å². The number of hydrogen-bond acceptors (Lipinski definition) is 3. The Balaban J connectivity index is 1.40. The molecule has 0 aliphatic heterocycles. The number of para-hydroxylation sites is 2. The van der Waals surface area contributed by atoms with E-state index in [0.29, 0.717) is 11.4 Å². The van der Waals surface area contributed by atoms with Crippen molar-refractivity contribution in [3.05, 3.63) is 82.4 Å². The molecule has 0 radical (unpaired) electrons. The van der Waals surface area contributed by atoms with Crippen LogP contribution in [-0.2, 0) is 10.8 Å².